The molecule has 4 nitrogen and oxygen atoms in total. The third-order valence-electron chi connectivity index (χ3n) is 4.51. The lowest BCUT2D eigenvalue weighted by atomic mass is 9.98. The number of benzene rings is 1. The number of piperidine rings is 1. The highest BCUT2D eigenvalue weighted by atomic mass is 16.2. The molecule has 0 aromatic heterocycles. The van der Waals surface area contributed by atoms with E-state index in [-0.39, 0.29) is 23.8 Å². The van der Waals surface area contributed by atoms with Gasteiger partial charge in [0, 0.05) is 30.6 Å². The summed E-state index contributed by atoms with van der Waals surface area (Å²) in [6.45, 7) is 5.63. The Morgan fingerprint density at radius 1 is 1.14 bits per heavy atom. The second-order valence-electron chi connectivity index (χ2n) is 5.95. The molecule has 22 heavy (non-hydrogen) atoms. The molecule has 120 valence electrons. The molecular formula is C18H26N2O2. The normalized spacial score (nSPS) is 15.9. The van der Waals surface area contributed by atoms with Crippen LogP contribution in [0.3, 0.4) is 0 Å². The lowest BCUT2D eigenvalue weighted by molar-refractivity contribution is -0.136. The lowest BCUT2D eigenvalue weighted by Gasteiger charge is -2.34. The first-order chi connectivity index (χ1) is 10.7. The summed E-state index contributed by atoms with van der Waals surface area (Å²) in [5, 5.41) is 3.07. The van der Waals surface area contributed by atoms with E-state index in [4.69, 9.17) is 0 Å². The van der Waals surface area contributed by atoms with Crippen LogP contribution in [0.15, 0.2) is 30.3 Å². The Hall–Kier alpha value is -1.84. The summed E-state index contributed by atoms with van der Waals surface area (Å²) < 4.78 is 0. The summed E-state index contributed by atoms with van der Waals surface area (Å²) in [6.07, 6.45) is 3.48. The van der Waals surface area contributed by atoms with Crippen LogP contribution < -0.4 is 5.32 Å². The molecule has 1 aliphatic heterocycles. The summed E-state index contributed by atoms with van der Waals surface area (Å²) in [7, 11) is 0. The fraction of sp³-hybridized carbons (Fsp3) is 0.556. The van der Waals surface area contributed by atoms with Crippen molar-refractivity contribution in [1.82, 2.24) is 10.2 Å². The van der Waals surface area contributed by atoms with Crippen molar-refractivity contribution < 1.29 is 9.59 Å². The van der Waals surface area contributed by atoms with Gasteiger partial charge in [-0.15, -0.1) is 0 Å². The zero-order valence-electron chi connectivity index (χ0n) is 13.5. The van der Waals surface area contributed by atoms with Crippen molar-refractivity contribution >= 4 is 11.8 Å². The molecule has 0 aliphatic carbocycles. The highest BCUT2D eigenvalue weighted by molar-refractivity contribution is 5.94. The van der Waals surface area contributed by atoms with Crippen molar-refractivity contribution in [2.75, 3.05) is 13.1 Å². The molecular weight excluding hydrogens is 276 g/mol. The van der Waals surface area contributed by atoms with E-state index < -0.39 is 0 Å². The van der Waals surface area contributed by atoms with Crippen molar-refractivity contribution in [3.63, 3.8) is 0 Å². The van der Waals surface area contributed by atoms with Gasteiger partial charge in [0.2, 0.25) is 5.91 Å². The monoisotopic (exact) mass is 302 g/mol. The van der Waals surface area contributed by atoms with Crippen molar-refractivity contribution in [3.05, 3.63) is 35.9 Å². The third kappa shape index (κ3) is 4.09. The van der Waals surface area contributed by atoms with E-state index in [0.717, 1.165) is 38.8 Å². The van der Waals surface area contributed by atoms with Crippen molar-refractivity contribution in [2.45, 2.75) is 45.6 Å². The maximum Gasteiger partial charge on any atom is 0.251 e. The van der Waals surface area contributed by atoms with Gasteiger partial charge in [0.25, 0.3) is 5.91 Å². The van der Waals surface area contributed by atoms with Crippen LogP contribution in [-0.4, -0.2) is 35.8 Å². The van der Waals surface area contributed by atoms with Gasteiger partial charge < -0.3 is 10.2 Å². The van der Waals surface area contributed by atoms with E-state index in [9.17, 15) is 9.59 Å². The fourth-order valence-corrected chi connectivity index (χ4v) is 3.00. The smallest absolute Gasteiger partial charge is 0.251 e. The second kappa shape index (κ2) is 7.97. The molecule has 1 saturated heterocycles. The zero-order chi connectivity index (χ0) is 15.9. The first-order valence-electron chi connectivity index (χ1n) is 8.30. The molecule has 0 radical (unpaired) electrons. The molecule has 1 aromatic carbocycles. The predicted molar refractivity (Wildman–Crippen MR) is 87.6 cm³/mol. The number of likely N-dealkylation sites (tertiary alicyclic amines) is 1. The summed E-state index contributed by atoms with van der Waals surface area (Å²) in [5.41, 5.74) is 0.693. The average Bonchev–Trinajstić information content (AvgIpc) is 2.57. The molecule has 2 rings (SSSR count). The predicted octanol–water partition coefficient (Wildman–Crippen LogP) is 2.84. The van der Waals surface area contributed by atoms with Gasteiger partial charge in [-0.1, -0.05) is 32.0 Å². The zero-order valence-corrected chi connectivity index (χ0v) is 13.5. The minimum Gasteiger partial charge on any atom is -0.349 e. The first kappa shape index (κ1) is 16.5. The van der Waals surface area contributed by atoms with Crippen LogP contribution in [0.25, 0.3) is 0 Å². The number of rotatable bonds is 5. The highest BCUT2D eigenvalue weighted by Crippen LogP contribution is 2.17. The highest BCUT2D eigenvalue weighted by Gasteiger charge is 2.27. The van der Waals surface area contributed by atoms with Gasteiger partial charge in [-0.25, -0.2) is 0 Å². The molecule has 4 heteroatoms. The fourth-order valence-electron chi connectivity index (χ4n) is 3.00. The Labute approximate surface area is 132 Å². The van der Waals surface area contributed by atoms with E-state index in [0.29, 0.717) is 5.56 Å². The molecule has 0 atom stereocenters. The van der Waals surface area contributed by atoms with Crippen molar-refractivity contribution in [1.29, 1.82) is 0 Å². The van der Waals surface area contributed by atoms with Gasteiger partial charge in [0.1, 0.15) is 0 Å². The number of carbonyl (C=O) groups excluding carboxylic acids is 2. The number of amides is 2. The standard InChI is InChI=1S/C18H26N2O2/c1-3-14(4-2)18(22)20-12-10-16(11-13-20)19-17(21)15-8-6-5-7-9-15/h5-9,14,16H,3-4,10-13H2,1-2H3,(H,19,21). The number of nitrogens with one attached hydrogen (secondary N) is 1. The Morgan fingerprint density at radius 3 is 2.27 bits per heavy atom. The molecule has 1 fully saturated rings. The molecule has 0 saturated carbocycles. The molecule has 1 aliphatic rings. The molecule has 0 unspecified atom stereocenters. The number of hydrogen-bond donors (Lipinski definition) is 1. The molecule has 1 aromatic rings. The van der Waals surface area contributed by atoms with Crippen LogP contribution >= 0.6 is 0 Å². The Morgan fingerprint density at radius 2 is 1.73 bits per heavy atom. The molecule has 1 N–H and O–H groups in total. The molecule has 1 heterocycles. The maximum absolute atomic E-state index is 12.3. The maximum atomic E-state index is 12.3. The quantitative estimate of drug-likeness (QED) is 0.909. The second-order valence-corrected chi connectivity index (χ2v) is 5.95. The van der Waals surface area contributed by atoms with Crippen LogP contribution in [0.5, 0.6) is 0 Å². The van der Waals surface area contributed by atoms with Crippen LogP contribution in [0, 0.1) is 5.92 Å². The topological polar surface area (TPSA) is 49.4 Å². The summed E-state index contributed by atoms with van der Waals surface area (Å²) in [5.74, 6) is 0.402. The van der Waals surface area contributed by atoms with Crippen molar-refractivity contribution in [3.8, 4) is 0 Å². The average molecular weight is 302 g/mol. The van der Waals surface area contributed by atoms with Gasteiger partial charge in [-0.05, 0) is 37.8 Å². The van der Waals surface area contributed by atoms with E-state index >= 15 is 0 Å². The molecule has 2 amide bonds. The van der Waals surface area contributed by atoms with E-state index in [1.807, 2.05) is 35.2 Å². The Balaban J connectivity index is 1.82. The third-order valence-corrected chi connectivity index (χ3v) is 4.51. The van der Waals surface area contributed by atoms with Crippen LogP contribution in [0.1, 0.15) is 49.9 Å². The number of nitrogens with zero attached hydrogens (tertiary/aromatic N) is 1. The van der Waals surface area contributed by atoms with Gasteiger partial charge in [-0.3, -0.25) is 9.59 Å². The minimum absolute atomic E-state index is 0.0228. The SMILES string of the molecule is CCC(CC)C(=O)N1CCC(NC(=O)c2ccccc2)CC1. The largest absolute Gasteiger partial charge is 0.349 e. The van der Waals surface area contributed by atoms with E-state index in [1.54, 1.807) is 0 Å². The summed E-state index contributed by atoms with van der Waals surface area (Å²) in [4.78, 5) is 26.4. The van der Waals surface area contributed by atoms with Crippen LogP contribution in [0.2, 0.25) is 0 Å². The molecule has 0 bridgehead atoms. The summed E-state index contributed by atoms with van der Waals surface area (Å²) >= 11 is 0. The van der Waals surface area contributed by atoms with E-state index in [1.165, 1.54) is 0 Å². The lowest BCUT2D eigenvalue weighted by Crippen LogP contribution is -2.48. The van der Waals surface area contributed by atoms with Gasteiger partial charge in [0.05, 0.1) is 0 Å². The number of carbonyl (C=O) groups is 2. The van der Waals surface area contributed by atoms with Gasteiger partial charge in [0.15, 0.2) is 0 Å². The van der Waals surface area contributed by atoms with E-state index in [2.05, 4.69) is 19.2 Å². The van der Waals surface area contributed by atoms with Crippen molar-refractivity contribution in [2.24, 2.45) is 5.92 Å². The first-order valence-corrected chi connectivity index (χ1v) is 8.30. The number of hydrogen-bond acceptors (Lipinski definition) is 2. The Kier molecular flexibility index (Phi) is 5.99. The minimum atomic E-state index is -0.0228. The van der Waals surface area contributed by atoms with Crippen LogP contribution in [-0.2, 0) is 4.79 Å². The van der Waals surface area contributed by atoms with Gasteiger partial charge >= 0.3 is 0 Å². The molecule has 0 spiro atoms. The Bertz CT molecular complexity index is 489. The summed E-state index contributed by atoms with van der Waals surface area (Å²) in [6, 6.07) is 9.44. The van der Waals surface area contributed by atoms with Crippen LogP contribution in [0.4, 0.5) is 0 Å². The van der Waals surface area contributed by atoms with Gasteiger partial charge in [-0.2, -0.15) is 0 Å².